The van der Waals surface area contributed by atoms with E-state index in [-0.39, 0.29) is 0 Å². The molecule has 0 atom stereocenters. The maximum atomic E-state index is 5.13. The molecule has 0 spiro atoms. The van der Waals surface area contributed by atoms with Gasteiger partial charge in [0.25, 0.3) is 0 Å². The van der Waals surface area contributed by atoms with Gasteiger partial charge in [-0.25, -0.2) is 0 Å². The van der Waals surface area contributed by atoms with E-state index in [1.807, 2.05) is 0 Å². The molecule has 0 aliphatic heterocycles. The fraction of sp³-hybridized carbons (Fsp3) is 0.174. The van der Waals surface area contributed by atoms with Gasteiger partial charge in [0.15, 0.2) is 0 Å². The molecule has 0 nitrogen and oxygen atoms in total. The number of aryl methyl sites for hydroxylation is 2. The van der Waals surface area contributed by atoms with Gasteiger partial charge in [0.05, 0.1) is 0 Å². The standard InChI is InChI=1S/2C11H11.CH2.2ClH.Zr/c2*1-2-9-7-10-5-3-4-6-11(10)8-9;;;;/h2*3-8H,2H2,1H3;1H2;2*1H;/q2*-1;;;;+2/p-2. The SMILES string of the molecule is CCc1cc2ccccc2[cH-]1.CCc1cc2ccccc2[cH-]1.[CH2]=[Zr]([Cl])[Cl]. The summed E-state index contributed by atoms with van der Waals surface area (Å²) in [5.41, 5.74) is 2.87. The molecule has 0 amide bonds. The summed E-state index contributed by atoms with van der Waals surface area (Å²) >= 11 is -1.85. The first kappa shape index (κ1) is 21.3. The minimum absolute atomic E-state index is 1.13. The second-order valence-electron chi connectivity index (χ2n) is 6.03. The van der Waals surface area contributed by atoms with Gasteiger partial charge in [0, 0.05) is 0 Å². The summed E-state index contributed by atoms with van der Waals surface area (Å²) in [4.78, 5) is 0. The van der Waals surface area contributed by atoms with Crippen molar-refractivity contribution in [1.29, 1.82) is 0 Å². The summed E-state index contributed by atoms with van der Waals surface area (Å²) in [6.45, 7) is 4.38. The normalized spacial score (nSPS) is 10.0. The third-order valence-corrected chi connectivity index (χ3v) is 4.17. The molecule has 0 fully saturated rings. The average molecular weight is 463 g/mol. The van der Waals surface area contributed by atoms with Crippen molar-refractivity contribution in [2.75, 3.05) is 0 Å². The Morgan fingerprint density at radius 2 is 1.12 bits per heavy atom. The van der Waals surface area contributed by atoms with Gasteiger partial charge in [-0.1, -0.05) is 26.0 Å². The molecule has 0 heterocycles. The van der Waals surface area contributed by atoms with E-state index in [4.69, 9.17) is 17.0 Å². The van der Waals surface area contributed by atoms with E-state index in [0.29, 0.717) is 0 Å². The van der Waals surface area contributed by atoms with Crippen molar-refractivity contribution >= 4 is 42.8 Å². The van der Waals surface area contributed by atoms with Crippen LogP contribution < -0.4 is 0 Å². The molecule has 0 aliphatic carbocycles. The fourth-order valence-electron chi connectivity index (χ4n) is 2.84. The average Bonchev–Trinajstić information content (AvgIpc) is 3.24. The first-order chi connectivity index (χ1) is 12.5. The summed E-state index contributed by atoms with van der Waals surface area (Å²) in [6, 6.07) is 26.0. The molecule has 4 rings (SSSR count). The molecule has 0 radical (unpaired) electrons. The van der Waals surface area contributed by atoms with Crippen molar-refractivity contribution in [3.63, 3.8) is 0 Å². The molecule has 26 heavy (non-hydrogen) atoms. The molecular weight excluding hydrogens is 438 g/mol. The molecule has 4 aromatic carbocycles. The Bertz CT molecular complexity index is 818. The number of hydrogen-bond donors (Lipinski definition) is 0. The topological polar surface area (TPSA) is 0 Å². The van der Waals surface area contributed by atoms with E-state index in [1.165, 1.54) is 32.7 Å². The zero-order valence-electron chi connectivity index (χ0n) is 15.3. The first-order valence-electron chi connectivity index (χ1n) is 8.82. The summed E-state index contributed by atoms with van der Waals surface area (Å²) in [5.74, 6) is 0. The van der Waals surface area contributed by atoms with E-state index in [0.717, 1.165) is 12.8 Å². The van der Waals surface area contributed by atoms with Gasteiger partial charge in [-0.2, -0.15) is 12.1 Å². The van der Waals surface area contributed by atoms with Gasteiger partial charge in [-0.05, 0) is 12.8 Å². The Morgan fingerprint density at radius 1 is 0.769 bits per heavy atom. The summed E-state index contributed by atoms with van der Waals surface area (Å²) in [6.07, 6.45) is 2.27. The second-order valence-corrected chi connectivity index (χ2v) is 14.2. The van der Waals surface area contributed by atoms with Gasteiger partial charge < -0.3 is 0 Å². The van der Waals surface area contributed by atoms with Crippen molar-refractivity contribution in [3.05, 3.63) is 83.9 Å². The van der Waals surface area contributed by atoms with Crippen molar-refractivity contribution in [2.45, 2.75) is 26.7 Å². The zero-order valence-corrected chi connectivity index (χ0v) is 19.3. The first-order valence-corrected chi connectivity index (χ1v) is 16.9. The van der Waals surface area contributed by atoms with E-state index in [2.05, 4.69) is 90.9 Å². The van der Waals surface area contributed by atoms with Crippen LogP contribution in [0.4, 0.5) is 0 Å². The van der Waals surface area contributed by atoms with Crippen LogP contribution in [0.2, 0.25) is 0 Å². The molecule has 0 unspecified atom stereocenters. The molecule has 0 N–H and O–H groups in total. The van der Waals surface area contributed by atoms with Crippen molar-refractivity contribution in [1.82, 2.24) is 0 Å². The summed E-state index contributed by atoms with van der Waals surface area (Å²) in [5, 5.41) is 5.46. The summed E-state index contributed by atoms with van der Waals surface area (Å²) in [7, 11) is 10.3. The van der Waals surface area contributed by atoms with Crippen molar-refractivity contribution in [3.8, 4) is 0 Å². The van der Waals surface area contributed by atoms with Crippen LogP contribution in [-0.2, 0) is 31.7 Å². The minimum atomic E-state index is -1.85. The Kier molecular flexibility index (Phi) is 8.99. The molecule has 4 aromatic rings. The van der Waals surface area contributed by atoms with Crippen molar-refractivity contribution < 1.29 is 18.9 Å². The van der Waals surface area contributed by atoms with Gasteiger partial charge in [0.1, 0.15) is 0 Å². The molecule has 0 saturated carbocycles. The van der Waals surface area contributed by atoms with Crippen LogP contribution in [-0.4, -0.2) is 4.21 Å². The Balaban J connectivity index is 0.000000156. The van der Waals surface area contributed by atoms with Crippen LogP contribution in [0.1, 0.15) is 25.0 Å². The van der Waals surface area contributed by atoms with Gasteiger partial charge >= 0.3 is 40.1 Å². The number of rotatable bonds is 2. The third-order valence-electron chi connectivity index (χ3n) is 4.17. The molecular formula is C23H24Cl2Zr-2. The number of hydrogen-bond acceptors (Lipinski definition) is 0. The number of halogens is 2. The van der Waals surface area contributed by atoms with Crippen LogP contribution in [0, 0.1) is 0 Å². The quantitative estimate of drug-likeness (QED) is 0.269. The van der Waals surface area contributed by atoms with Crippen LogP contribution in [0.15, 0.2) is 72.8 Å². The second kappa shape index (κ2) is 11.0. The summed E-state index contributed by atoms with van der Waals surface area (Å²) < 4.78 is 3.37. The van der Waals surface area contributed by atoms with Crippen LogP contribution >= 0.6 is 17.0 Å². The van der Waals surface area contributed by atoms with Crippen LogP contribution in [0.5, 0.6) is 0 Å². The van der Waals surface area contributed by atoms with Gasteiger partial charge in [-0.15, -0.1) is 81.2 Å². The van der Waals surface area contributed by atoms with E-state index in [9.17, 15) is 0 Å². The molecule has 0 aromatic heterocycles. The Morgan fingerprint density at radius 3 is 1.42 bits per heavy atom. The number of benzene rings is 2. The maximum absolute atomic E-state index is 5.13. The van der Waals surface area contributed by atoms with Crippen LogP contribution in [0.3, 0.4) is 0 Å². The third kappa shape index (κ3) is 6.62. The molecule has 0 saturated heterocycles. The predicted molar refractivity (Wildman–Crippen MR) is 117 cm³/mol. The molecule has 136 valence electrons. The van der Waals surface area contributed by atoms with Crippen LogP contribution in [0.25, 0.3) is 21.5 Å². The molecule has 0 aliphatic rings. The monoisotopic (exact) mass is 460 g/mol. The van der Waals surface area contributed by atoms with Gasteiger partial charge in [-0.3, -0.25) is 0 Å². The Labute approximate surface area is 171 Å². The number of fused-ring (bicyclic) bond motifs is 2. The van der Waals surface area contributed by atoms with E-state index < -0.39 is 18.9 Å². The zero-order chi connectivity index (χ0) is 18.9. The molecule has 0 bridgehead atoms. The van der Waals surface area contributed by atoms with Crippen molar-refractivity contribution in [2.24, 2.45) is 0 Å². The Hall–Kier alpha value is -1.01. The van der Waals surface area contributed by atoms with E-state index in [1.54, 1.807) is 0 Å². The van der Waals surface area contributed by atoms with E-state index >= 15 is 0 Å². The fourth-order valence-corrected chi connectivity index (χ4v) is 2.84. The molecule has 3 heteroatoms. The predicted octanol–water partition coefficient (Wildman–Crippen LogP) is 7.59. The van der Waals surface area contributed by atoms with Gasteiger partial charge in [0.2, 0.25) is 0 Å².